The van der Waals surface area contributed by atoms with Crippen molar-refractivity contribution in [1.82, 2.24) is 9.13 Å². The van der Waals surface area contributed by atoms with Crippen molar-refractivity contribution in [2.24, 2.45) is 0 Å². The third kappa shape index (κ3) is 5.96. The van der Waals surface area contributed by atoms with Gasteiger partial charge in [0.15, 0.2) is 0 Å². The van der Waals surface area contributed by atoms with E-state index < -0.39 is 0 Å². The summed E-state index contributed by atoms with van der Waals surface area (Å²) in [6.07, 6.45) is 0. The quantitative estimate of drug-likeness (QED) is 0.152. The Morgan fingerprint density at radius 1 is 0.194 bits per heavy atom. The van der Waals surface area contributed by atoms with Crippen LogP contribution in [0.2, 0.25) is 0 Å². The van der Waals surface area contributed by atoms with E-state index in [1.807, 2.05) is 0 Å². The number of hydrogen-bond acceptors (Lipinski definition) is 0. The fourth-order valence-electron chi connectivity index (χ4n) is 9.65. The van der Waals surface area contributed by atoms with Crippen LogP contribution in [-0.4, -0.2) is 9.13 Å². The zero-order valence-electron chi connectivity index (χ0n) is 34.0. The van der Waals surface area contributed by atoms with Gasteiger partial charge in [-0.15, -0.1) is 0 Å². The Kier molecular flexibility index (Phi) is 8.53. The number of fused-ring (bicyclic) bond motifs is 6. The van der Waals surface area contributed by atoms with Crippen LogP contribution < -0.4 is 0 Å². The maximum absolute atomic E-state index is 2.43. The number of para-hydroxylation sites is 2. The molecule has 12 aromatic rings. The van der Waals surface area contributed by atoms with Crippen molar-refractivity contribution in [3.8, 4) is 67.0 Å². The van der Waals surface area contributed by atoms with Crippen LogP contribution in [-0.2, 0) is 0 Å². The molecule has 0 atom stereocenters. The lowest BCUT2D eigenvalue weighted by Crippen LogP contribution is -1.96. The lowest BCUT2D eigenvalue weighted by atomic mass is 9.94. The van der Waals surface area contributed by atoms with Gasteiger partial charge >= 0.3 is 0 Å². The first-order chi connectivity index (χ1) is 30.8. The first-order valence-electron chi connectivity index (χ1n) is 21.3. The van der Waals surface area contributed by atoms with Gasteiger partial charge in [-0.3, -0.25) is 0 Å². The van der Waals surface area contributed by atoms with Crippen LogP contribution in [0, 0.1) is 0 Å². The first kappa shape index (κ1) is 35.7. The smallest absolute Gasteiger partial charge is 0.0541 e. The normalized spacial score (nSPS) is 11.5. The Morgan fingerprint density at radius 2 is 0.548 bits per heavy atom. The predicted octanol–water partition coefficient (Wildman–Crippen LogP) is 16.2. The Bertz CT molecular complexity index is 3600. The van der Waals surface area contributed by atoms with E-state index in [-0.39, 0.29) is 0 Å². The standard InChI is InChI=1S/C60H40N2/c1-4-16-41(17-5-1)49-22-10-11-23-50(49)44-28-32-47(33-29-44)61-57-26-14-12-24-52(57)55-38-45(30-36-59(55)61)46-31-37-60-56(39-46)53-25-13-15-27-58(53)62(60)48-34-35-51(42-18-6-2-7-19-42)54(40-48)43-20-8-3-9-21-43/h1-40H. The SMILES string of the molecule is c1ccc(-c2ccccc2-c2ccc(-n3c4ccccc4c4cc(-c5ccc6c(c5)c5ccccc5n6-c5ccc(-c6ccccc6)c(-c6ccccc6)c5)ccc43)cc2)cc1. The molecule has 0 aliphatic heterocycles. The molecule has 2 nitrogen and oxygen atoms in total. The van der Waals surface area contributed by atoms with E-state index in [2.05, 4.69) is 252 Å². The van der Waals surface area contributed by atoms with Gasteiger partial charge < -0.3 is 9.13 Å². The van der Waals surface area contributed by atoms with Crippen LogP contribution in [0.3, 0.4) is 0 Å². The van der Waals surface area contributed by atoms with Crippen LogP contribution >= 0.6 is 0 Å². The molecule has 2 heterocycles. The first-order valence-corrected chi connectivity index (χ1v) is 21.3. The minimum Gasteiger partial charge on any atom is -0.309 e. The molecular formula is C60H40N2. The average Bonchev–Trinajstić information content (AvgIpc) is 3.87. The van der Waals surface area contributed by atoms with Crippen molar-refractivity contribution in [3.05, 3.63) is 243 Å². The number of aromatic nitrogens is 2. The zero-order valence-corrected chi connectivity index (χ0v) is 34.0. The van der Waals surface area contributed by atoms with Crippen molar-refractivity contribution >= 4 is 43.6 Å². The Hall–Kier alpha value is -8.20. The van der Waals surface area contributed by atoms with Crippen LogP contribution in [0.15, 0.2) is 243 Å². The van der Waals surface area contributed by atoms with Crippen molar-refractivity contribution in [3.63, 3.8) is 0 Å². The second kappa shape index (κ2) is 14.8. The second-order valence-electron chi connectivity index (χ2n) is 16.1. The Balaban J connectivity index is 0.958. The van der Waals surface area contributed by atoms with Gasteiger partial charge in [-0.1, -0.05) is 182 Å². The van der Waals surface area contributed by atoms with Gasteiger partial charge in [-0.25, -0.2) is 0 Å². The Morgan fingerprint density at radius 3 is 1.06 bits per heavy atom. The summed E-state index contributed by atoms with van der Waals surface area (Å²) in [6, 6.07) is 88.3. The summed E-state index contributed by atoms with van der Waals surface area (Å²) < 4.78 is 4.84. The summed E-state index contributed by atoms with van der Waals surface area (Å²) in [5.74, 6) is 0. The summed E-state index contributed by atoms with van der Waals surface area (Å²) in [7, 11) is 0. The summed E-state index contributed by atoms with van der Waals surface area (Å²) in [4.78, 5) is 0. The molecule has 0 saturated heterocycles. The van der Waals surface area contributed by atoms with Crippen LogP contribution in [0.25, 0.3) is 111 Å². The van der Waals surface area contributed by atoms with Gasteiger partial charge in [-0.2, -0.15) is 0 Å². The van der Waals surface area contributed by atoms with E-state index in [1.165, 1.54) is 99.2 Å². The summed E-state index contributed by atoms with van der Waals surface area (Å²) in [5, 5.41) is 4.97. The molecule has 10 aromatic carbocycles. The Labute approximate surface area is 360 Å². The van der Waals surface area contributed by atoms with Crippen molar-refractivity contribution in [2.75, 3.05) is 0 Å². The molecule has 0 radical (unpaired) electrons. The fraction of sp³-hybridized carbons (Fsp3) is 0. The summed E-state index contributed by atoms with van der Waals surface area (Å²) >= 11 is 0. The lowest BCUT2D eigenvalue weighted by Gasteiger charge is -2.15. The van der Waals surface area contributed by atoms with Crippen molar-refractivity contribution in [1.29, 1.82) is 0 Å². The van der Waals surface area contributed by atoms with Crippen LogP contribution in [0.1, 0.15) is 0 Å². The monoisotopic (exact) mass is 788 g/mol. The second-order valence-corrected chi connectivity index (χ2v) is 16.1. The molecule has 12 rings (SSSR count). The number of hydrogen-bond donors (Lipinski definition) is 0. The van der Waals surface area contributed by atoms with Gasteiger partial charge in [0.05, 0.1) is 22.1 Å². The lowest BCUT2D eigenvalue weighted by molar-refractivity contribution is 1.18. The molecule has 0 bridgehead atoms. The highest BCUT2D eigenvalue weighted by molar-refractivity contribution is 6.13. The molecular weight excluding hydrogens is 749 g/mol. The predicted molar refractivity (Wildman–Crippen MR) is 262 cm³/mol. The van der Waals surface area contributed by atoms with E-state index >= 15 is 0 Å². The highest BCUT2D eigenvalue weighted by Crippen LogP contribution is 2.41. The number of nitrogens with zero attached hydrogens (tertiary/aromatic N) is 2. The molecule has 0 N–H and O–H groups in total. The van der Waals surface area contributed by atoms with Gasteiger partial charge in [0, 0.05) is 32.9 Å². The summed E-state index contributed by atoms with van der Waals surface area (Å²) in [6.45, 7) is 0. The van der Waals surface area contributed by atoms with Gasteiger partial charge in [-0.05, 0) is 116 Å². The molecule has 0 aliphatic rings. The van der Waals surface area contributed by atoms with Crippen molar-refractivity contribution < 1.29 is 0 Å². The van der Waals surface area contributed by atoms with E-state index in [0.29, 0.717) is 0 Å². The van der Waals surface area contributed by atoms with E-state index in [4.69, 9.17) is 0 Å². The highest BCUT2D eigenvalue weighted by Gasteiger charge is 2.18. The molecule has 2 heteroatoms. The minimum atomic E-state index is 1.14. The van der Waals surface area contributed by atoms with E-state index in [0.717, 1.165) is 11.4 Å². The van der Waals surface area contributed by atoms with Gasteiger partial charge in [0.1, 0.15) is 0 Å². The highest BCUT2D eigenvalue weighted by atomic mass is 15.0. The topological polar surface area (TPSA) is 9.86 Å². The maximum Gasteiger partial charge on any atom is 0.0541 e. The average molecular weight is 789 g/mol. The minimum absolute atomic E-state index is 1.14. The summed E-state index contributed by atoms with van der Waals surface area (Å²) in [5.41, 5.74) is 19.2. The third-order valence-corrected chi connectivity index (χ3v) is 12.6. The van der Waals surface area contributed by atoms with Crippen LogP contribution in [0.4, 0.5) is 0 Å². The van der Waals surface area contributed by atoms with E-state index in [9.17, 15) is 0 Å². The molecule has 0 amide bonds. The van der Waals surface area contributed by atoms with Crippen molar-refractivity contribution in [2.45, 2.75) is 0 Å². The van der Waals surface area contributed by atoms with Gasteiger partial charge in [0.2, 0.25) is 0 Å². The maximum atomic E-state index is 2.43. The molecule has 2 aromatic heterocycles. The molecule has 0 aliphatic carbocycles. The zero-order chi connectivity index (χ0) is 41.0. The largest absolute Gasteiger partial charge is 0.309 e. The molecule has 62 heavy (non-hydrogen) atoms. The number of rotatable bonds is 7. The molecule has 0 saturated carbocycles. The number of benzene rings is 10. The van der Waals surface area contributed by atoms with E-state index in [1.54, 1.807) is 0 Å². The van der Waals surface area contributed by atoms with Crippen LogP contribution in [0.5, 0.6) is 0 Å². The molecule has 290 valence electrons. The molecule has 0 fully saturated rings. The fourth-order valence-corrected chi connectivity index (χ4v) is 9.65. The molecule has 0 unspecified atom stereocenters. The van der Waals surface area contributed by atoms with Gasteiger partial charge in [0.25, 0.3) is 0 Å². The third-order valence-electron chi connectivity index (χ3n) is 12.6. The molecule has 0 spiro atoms.